The van der Waals surface area contributed by atoms with Crippen LogP contribution in [0.4, 0.5) is 0 Å². The Balaban J connectivity index is 1.77. The van der Waals surface area contributed by atoms with Crippen LogP contribution in [0.3, 0.4) is 0 Å². The van der Waals surface area contributed by atoms with Crippen LogP contribution >= 0.6 is 11.3 Å². The molecule has 23 heavy (non-hydrogen) atoms. The summed E-state index contributed by atoms with van der Waals surface area (Å²) in [5, 5.41) is 15.7. The van der Waals surface area contributed by atoms with Gasteiger partial charge >= 0.3 is 0 Å². The van der Waals surface area contributed by atoms with Crippen LogP contribution in [-0.4, -0.2) is 28.6 Å². The quantitative estimate of drug-likeness (QED) is 0.855. The summed E-state index contributed by atoms with van der Waals surface area (Å²) in [4.78, 5) is 16.5. The summed E-state index contributed by atoms with van der Waals surface area (Å²) in [6.45, 7) is 6.57. The van der Waals surface area contributed by atoms with Crippen molar-refractivity contribution >= 4 is 17.2 Å². The van der Waals surface area contributed by atoms with Crippen molar-refractivity contribution in [2.45, 2.75) is 45.1 Å². The van der Waals surface area contributed by atoms with E-state index in [2.05, 4.69) is 31.1 Å². The second kappa shape index (κ2) is 7.70. The maximum absolute atomic E-state index is 12.0. The van der Waals surface area contributed by atoms with Crippen molar-refractivity contribution in [1.29, 1.82) is 0 Å². The van der Waals surface area contributed by atoms with Crippen LogP contribution in [0.2, 0.25) is 0 Å². The molecule has 124 valence electrons. The van der Waals surface area contributed by atoms with Gasteiger partial charge in [-0.2, -0.15) is 0 Å². The fourth-order valence-electron chi connectivity index (χ4n) is 2.15. The minimum absolute atomic E-state index is 0.00523. The molecular weight excluding hydrogens is 308 g/mol. The first-order valence-electron chi connectivity index (χ1n) is 7.78. The van der Waals surface area contributed by atoms with Gasteiger partial charge in [0.15, 0.2) is 0 Å². The zero-order valence-electron chi connectivity index (χ0n) is 13.9. The van der Waals surface area contributed by atoms with Crippen LogP contribution < -0.4 is 5.32 Å². The molecular formula is C18H24N2O2S. The number of nitrogens with one attached hydrogen (secondary N) is 1. The van der Waals surface area contributed by atoms with Gasteiger partial charge in [0, 0.05) is 23.8 Å². The van der Waals surface area contributed by atoms with Crippen LogP contribution in [0, 0.1) is 0 Å². The molecule has 1 heterocycles. The molecule has 5 heteroatoms. The Bertz CT molecular complexity index is 632. The molecule has 0 saturated heterocycles. The average molecular weight is 332 g/mol. The Morgan fingerprint density at radius 1 is 1.30 bits per heavy atom. The number of aromatic nitrogens is 1. The molecule has 2 aromatic rings. The molecule has 0 spiro atoms. The van der Waals surface area contributed by atoms with E-state index < -0.39 is 6.10 Å². The maximum Gasteiger partial charge on any atom is 0.226 e. The summed E-state index contributed by atoms with van der Waals surface area (Å²) in [5.41, 5.74) is 1.85. The number of nitrogens with zero attached hydrogens (tertiary/aromatic N) is 1. The largest absolute Gasteiger partial charge is 0.391 e. The molecule has 0 aliphatic carbocycles. The Hall–Kier alpha value is -1.72. The molecule has 2 N–H and O–H groups in total. The SMILES string of the molecule is CC(C)(C)c1nc(CC(=O)NCC(O)Cc2ccccc2)cs1. The van der Waals surface area contributed by atoms with Crippen LogP contribution in [0.25, 0.3) is 0 Å². The van der Waals surface area contributed by atoms with E-state index >= 15 is 0 Å². The first-order valence-corrected chi connectivity index (χ1v) is 8.66. The topological polar surface area (TPSA) is 62.2 Å². The zero-order chi connectivity index (χ0) is 16.9. The lowest BCUT2D eigenvalue weighted by Gasteiger charge is -2.13. The number of hydrogen-bond donors (Lipinski definition) is 2. The lowest BCUT2D eigenvalue weighted by Crippen LogP contribution is -2.34. The third-order valence-electron chi connectivity index (χ3n) is 3.38. The van der Waals surface area contributed by atoms with Crippen molar-refractivity contribution in [3.8, 4) is 0 Å². The average Bonchev–Trinajstić information content (AvgIpc) is 2.95. The molecule has 0 saturated carbocycles. The van der Waals surface area contributed by atoms with Gasteiger partial charge in [-0.15, -0.1) is 11.3 Å². The predicted octanol–water partition coefficient (Wildman–Crippen LogP) is 2.70. The first kappa shape index (κ1) is 17.6. The van der Waals surface area contributed by atoms with Crippen LogP contribution in [0.1, 0.15) is 37.0 Å². The summed E-state index contributed by atoms with van der Waals surface area (Å²) < 4.78 is 0. The first-order chi connectivity index (χ1) is 10.8. The van der Waals surface area contributed by atoms with Crippen LogP contribution in [-0.2, 0) is 23.1 Å². The zero-order valence-corrected chi connectivity index (χ0v) is 14.7. The van der Waals surface area contributed by atoms with Gasteiger partial charge in [-0.3, -0.25) is 4.79 Å². The number of carbonyl (C=O) groups is 1. The van der Waals surface area contributed by atoms with E-state index in [1.54, 1.807) is 11.3 Å². The van der Waals surface area contributed by atoms with Gasteiger partial charge in [-0.25, -0.2) is 4.98 Å². The minimum atomic E-state index is -0.582. The van der Waals surface area contributed by atoms with Crippen LogP contribution in [0.15, 0.2) is 35.7 Å². The van der Waals surface area contributed by atoms with E-state index in [0.717, 1.165) is 16.3 Å². The van der Waals surface area contributed by atoms with Gasteiger partial charge in [0.2, 0.25) is 5.91 Å². The molecule has 0 aliphatic rings. The van der Waals surface area contributed by atoms with E-state index in [0.29, 0.717) is 6.42 Å². The van der Waals surface area contributed by atoms with Crippen molar-refractivity contribution in [1.82, 2.24) is 10.3 Å². The van der Waals surface area contributed by atoms with Gasteiger partial charge < -0.3 is 10.4 Å². The molecule has 0 aliphatic heterocycles. The molecule has 1 aromatic heterocycles. The second-order valence-electron chi connectivity index (χ2n) is 6.72. The van der Waals surface area contributed by atoms with Crippen molar-refractivity contribution in [2.24, 2.45) is 0 Å². The van der Waals surface area contributed by atoms with Gasteiger partial charge in [0.25, 0.3) is 0 Å². The molecule has 0 bridgehead atoms. The third-order valence-corrected chi connectivity index (χ3v) is 4.70. The monoisotopic (exact) mass is 332 g/mol. The summed E-state index contributed by atoms with van der Waals surface area (Å²) in [6.07, 6.45) is 0.207. The number of aliphatic hydroxyl groups excluding tert-OH is 1. The summed E-state index contributed by atoms with van der Waals surface area (Å²) in [5.74, 6) is -0.108. The number of aliphatic hydroxyl groups is 1. The van der Waals surface area contributed by atoms with E-state index in [4.69, 9.17) is 0 Å². The molecule has 4 nitrogen and oxygen atoms in total. The normalized spacial score (nSPS) is 12.9. The number of benzene rings is 1. The fraction of sp³-hybridized carbons (Fsp3) is 0.444. The second-order valence-corrected chi connectivity index (χ2v) is 7.58. The standard InChI is InChI=1S/C18H24N2O2S/c1-18(2,3)17-20-14(12-23-17)10-16(22)19-11-15(21)9-13-7-5-4-6-8-13/h4-8,12,15,21H,9-11H2,1-3H3,(H,19,22). The minimum Gasteiger partial charge on any atom is -0.391 e. The molecule has 1 amide bonds. The molecule has 2 rings (SSSR count). The maximum atomic E-state index is 12.0. The Kier molecular flexibility index (Phi) is 5.91. The summed E-state index contributed by atoms with van der Waals surface area (Å²) in [6, 6.07) is 9.76. The van der Waals surface area contributed by atoms with Crippen LogP contribution in [0.5, 0.6) is 0 Å². The molecule has 0 fully saturated rings. The molecule has 1 aromatic carbocycles. The van der Waals surface area contributed by atoms with Gasteiger partial charge in [0.05, 0.1) is 23.2 Å². The summed E-state index contributed by atoms with van der Waals surface area (Å²) in [7, 11) is 0. The lowest BCUT2D eigenvalue weighted by atomic mass is 9.98. The van der Waals surface area contributed by atoms with Crippen molar-refractivity contribution in [2.75, 3.05) is 6.54 Å². The van der Waals surface area contributed by atoms with E-state index in [1.807, 2.05) is 35.7 Å². The van der Waals surface area contributed by atoms with Gasteiger partial charge in [0.1, 0.15) is 0 Å². The van der Waals surface area contributed by atoms with Crippen molar-refractivity contribution < 1.29 is 9.90 Å². The smallest absolute Gasteiger partial charge is 0.226 e. The van der Waals surface area contributed by atoms with Crippen molar-refractivity contribution in [3.63, 3.8) is 0 Å². The molecule has 1 unspecified atom stereocenters. The van der Waals surface area contributed by atoms with E-state index in [1.165, 1.54) is 0 Å². The predicted molar refractivity (Wildman–Crippen MR) is 93.7 cm³/mol. The van der Waals surface area contributed by atoms with E-state index in [-0.39, 0.29) is 24.3 Å². The van der Waals surface area contributed by atoms with Gasteiger partial charge in [-0.1, -0.05) is 51.1 Å². The Labute approximate surface area is 141 Å². The highest BCUT2D eigenvalue weighted by Gasteiger charge is 2.19. The lowest BCUT2D eigenvalue weighted by molar-refractivity contribution is -0.120. The van der Waals surface area contributed by atoms with Gasteiger partial charge in [-0.05, 0) is 5.56 Å². The Morgan fingerprint density at radius 3 is 2.61 bits per heavy atom. The molecule has 0 radical (unpaired) electrons. The molecule has 1 atom stereocenters. The number of carbonyl (C=O) groups excluding carboxylic acids is 1. The fourth-order valence-corrected chi connectivity index (χ4v) is 3.06. The van der Waals surface area contributed by atoms with Crippen molar-refractivity contribution in [3.05, 3.63) is 52.0 Å². The highest BCUT2D eigenvalue weighted by molar-refractivity contribution is 7.09. The number of amides is 1. The number of thiazole rings is 1. The number of rotatable bonds is 6. The Morgan fingerprint density at radius 2 is 2.00 bits per heavy atom. The summed E-state index contributed by atoms with van der Waals surface area (Å²) >= 11 is 1.58. The third kappa shape index (κ3) is 5.77. The number of hydrogen-bond acceptors (Lipinski definition) is 4. The van der Waals surface area contributed by atoms with E-state index in [9.17, 15) is 9.90 Å². The highest BCUT2D eigenvalue weighted by atomic mass is 32.1. The highest BCUT2D eigenvalue weighted by Crippen LogP contribution is 2.25.